The van der Waals surface area contributed by atoms with Crippen molar-refractivity contribution in [2.24, 2.45) is 0 Å². The lowest BCUT2D eigenvalue weighted by molar-refractivity contribution is 0.0156. The van der Waals surface area contributed by atoms with Gasteiger partial charge < -0.3 is 14.8 Å². The normalized spacial score (nSPS) is 20.3. The van der Waals surface area contributed by atoms with Crippen LogP contribution in [0.1, 0.15) is 22.1 Å². The van der Waals surface area contributed by atoms with Crippen LogP contribution in [0.5, 0.6) is 5.75 Å². The van der Waals surface area contributed by atoms with Gasteiger partial charge in [0.25, 0.3) is 5.91 Å². The zero-order chi connectivity index (χ0) is 16.2. The van der Waals surface area contributed by atoms with Crippen LogP contribution in [0.2, 0.25) is 0 Å². The van der Waals surface area contributed by atoms with Crippen molar-refractivity contribution in [2.75, 3.05) is 7.11 Å². The number of carbonyl (C=O) groups is 1. The van der Waals surface area contributed by atoms with Crippen LogP contribution in [-0.2, 0) is 4.74 Å². The number of nitrogens with one attached hydrogen (secondary N) is 3. The molecule has 6 nitrogen and oxygen atoms in total. The van der Waals surface area contributed by atoms with Crippen LogP contribution >= 0.6 is 0 Å². The quantitative estimate of drug-likeness (QED) is 0.800. The van der Waals surface area contributed by atoms with Crippen molar-refractivity contribution >= 4 is 5.91 Å². The van der Waals surface area contributed by atoms with Crippen LogP contribution in [0.15, 0.2) is 48.5 Å². The Hall–Kier alpha value is -2.48. The smallest absolute Gasteiger partial charge is 0.254 e. The highest BCUT2D eigenvalue weighted by Crippen LogP contribution is 2.22. The number of hydrogen-bond acceptors (Lipinski definition) is 5. The van der Waals surface area contributed by atoms with Crippen molar-refractivity contribution in [3.05, 3.63) is 65.5 Å². The van der Waals surface area contributed by atoms with Gasteiger partial charge in [-0.05, 0) is 30.3 Å². The SMILES string of the molecule is COc1cccc(C2NNC(NC(=O)c3cccc(F)c3)O2)c1. The molecule has 2 aromatic carbocycles. The molecule has 120 valence electrons. The van der Waals surface area contributed by atoms with Gasteiger partial charge in [-0.1, -0.05) is 18.2 Å². The number of carbonyl (C=O) groups excluding carboxylic acids is 1. The van der Waals surface area contributed by atoms with Crippen molar-refractivity contribution in [1.82, 2.24) is 16.2 Å². The van der Waals surface area contributed by atoms with Crippen LogP contribution in [0.25, 0.3) is 0 Å². The van der Waals surface area contributed by atoms with Gasteiger partial charge in [0.1, 0.15) is 11.6 Å². The molecule has 0 spiro atoms. The van der Waals surface area contributed by atoms with Crippen LogP contribution in [0, 0.1) is 5.82 Å². The molecule has 1 amide bonds. The Morgan fingerprint density at radius 1 is 1.22 bits per heavy atom. The summed E-state index contributed by atoms with van der Waals surface area (Å²) < 4.78 is 24.0. The molecule has 0 bridgehead atoms. The van der Waals surface area contributed by atoms with Gasteiger partial charge >= 0.3 is 0 Å². The molecule has 3 N–H and O–H groups in total. The Morgan fingerprint density at radius 3 is 2.83 bits per heavy atom. The molecule has 1 aliphatic heterocycles. The summed E-state index contributed by atoms with van der Waals surface area (Å²) in [5.74, 6) is -0.194. The molecular weight excluding hydrogens is 301 g/mol. The van der Waals surface area contributed by atoms with Crippen molar-refractivity contribution in [3.63, 3.8) is 0 Å². The molecule has 0 aromatic heterocycles. The zero-order valence-electron chi connectivity index (χ0n) is 12.4. The topological polar surface area (TPSA) is 71.6 Å². The van der Waals surface area contributed by atoms with Crippen molar-refractivity contribution in [1.29, 1.82) is 0 Å². The van der Waals surface area contributed by atoms with E-state index in [0.717, 1.165) is 11.6 Å². The van der Waals surface area contributed by atoms with E-state index in [1.165, 1.54) is 18.2 Å². The number of benzene rings is 2. The van der Waals surface area contributed by atoms with E-state index in [-0.39, 0.29) is 5.56 Å². The summed E-state index contributed by atoms with van der Waals surface area (Å²) in [6, 6.07) is 12.8. The number of methoxy groups -OCH3 is 1. The molecule has 23 heavy (non-hydrogen) atoms. The minimum Gasteiger partial charge on any atom is -0.497 e. The lowest BCUT2D eigenvalue weighted by atomic mass is 10.2. The molecule has 1 heterocycles. The fourth-order valence-electron chi connectivity index (χ4n) is 2.22. The Labute approximate surface area is 132 Å². The van der Waals surface area contributed by atoms with Gasteiger partial charge in [0.05, 0.1) is 7.11 Å². The summed E-state index contributed by atoms with van der Waals surface area (Å²) in [5.41, 5.74) is 6.81. The van der Waals surface area contributed by atoms with Crippen molar-refractivity contribution in [2.45, 2.75) is 12.6 Å². The molecule has 2 unspecified atom stereocenters. The third kappa shape index (κ3) is 3.65. The van der Waals surface area contributed by atoms with Crippen LogP contribution in [0.4, 0.5) is 4.39 Å². The zero-order valence-corrected chi connectivity index (χ0v) is 12.4. The van der Waals surface area contributed by atoms with E-state index < -0.39 is 24.3 Å². The average Bonchev–Trinajstić information content (AvgIpc) is 3.03. The van der Waals surface area contributed by atoms with Gasteiger partial charge in [0, 0.05) is 11.1 Å². The van der Waals surface area contributed by atoms with E-state index >= 15 is 0 Å². The fourth-order valence-corrected chi connectivity index (χ4v) is 2.22. The Balaban J connectivity index is 1.62. The summed E-state index contributed by atoms with van der Waals surface area (Å²) >= 11 is 0. The third-order valence-electron chi connectivity index (χ3n) is 3.36. The molecule has 2 atom stereocenters. The number of amides is 1. The van der Waals surface area contributed by atoms with Crippen LogP contribution < -0.4 is 20.9 Å². The van der Waals surface area contributed by atoms with E-state index in [4.69, 9.17) is 9.47 Å². The highest BCUT2D eigenvalue weighted by Gasteiger charge is 2.27. The van der Waals surface area contributed by atoms with E-state index in [9.17, 15) is 9.18 Å². The molecular formula is C16H16FN3O3. The Morgan fingerprint density at radius 2 is 2.04 bits per heavy atom. The second kappa shape index (κ2) is 6.74. The lowest BCUT2D eigenvalue weighted by Gasteiger charge is -2.13. The maximum Gasteiger partial charge on any atom is 0.254 e. The summed E-state index contributed by atoms with van der Waals surface area (Å²) in [7, 11) is 1.59. The fraction of sp³-hybridized carbons (Fsp3) is 0.188. The molecule has 0 aliphatic carbocycles. The molecule has 1 fully saturated rings. The van der Waals surface area contributed by atoms with Gasteiger partial charge in [-0.3, -0.25) is 4.79 Å². The van der Waals surface area contributed by atoms with Gasteiger partial charge in [0.15, 0.2) is 6.23 Å². The first-order valence-electron chi connectivity index (χ1n) is 7.02. The summed E-state index contributed by atoms with van der Waals surface area (Å²) in [5, 5.41) is 2.62. The third-order valence-corrected chi connectivity index (χ3v) is 3.36. The Kier molecular flexibility index (Phi) is 4.52. The van der Waals surface area contributed by atoms with Gasteiger partial charge in [-0.25, -0.2) is 15.2 Å². The predicted octanol–water partition coefficient (Wildman–Crippen LogP) is 1.67. The van der Waals surface area contributed by atoms with E-state index in [2.05, 4.69) is 16.2 Å². The molecule has 2 aromatic rings. The molecule has 0 radical (unpaired) electrons. The predicted molar refractivity (Wildman–Crippen MR) is 80.7 cm³/mol. The second-order valence-electron chi connectivity index (χ2n) is 4.95. The first-order chi connectivity index (χ1) is 11.2. The summed E-state index contributed by atoms with van der Waals surface area (Å²) in [6.45, 7) is 0. The van der Waals surface area contributed by atoms with E-state index in [0.29, 0.717) is 5.75 Å². The average molecular weight is 317 g/mol. The van der Waals surface area contributed by atoms with Crippen LogP contribution in [-0.4, -0.2) is 19.4 Å². The molecule has 1 saturated heterocycles. The van der Waals surface area contributed by atoms with E-state index in [1.54, 1.807) is 7.11 Å². The number of rotatable bonds is 4. The van der Waals surface area contributed by atoms with Crippen molar-refractivity contribution in [3.8, 4) is 5.75 Å². The number of halogens is 1. The molecule has 1 aliphatic rings. The monoisotopic (exact) mass is 317 g/mol. The lowest BCUT2D eigenvalue weighted by Crippen LogP contribution is -2.44. The number of ether oxygens (including phenoxy) is 2. The highest BCUT2D eigenvalue weighted by molar-refractivity contribution is 5.94. The highest BCUT2D eigenvalue weighted by atomic mass is 19.1. The standard InChI is InChI=1S/C16H16FN3O3/c1-22-13-7-3-5-11(9-13)15-19-20-16(23-15)18-14(21)10-4-2-6-12(17)8-10/h2-9,15-16,19-20H,1H3,(H,18,21). The maximum absolute atomic E-state index is 13.1. The van der Waals surface area contributed by atoms with Gasteiger partial charge in [0.2, 0.25) is 6.35 Å². The minimum absolute atomic E-state index is 0.222. The number of hydrazine groups is 1. The maximum atomic E-state index is 13.1. The first-order valence-corrected chi connectivity index (χ1v) is 7.02. The van der Waals surface area contributed by atoms with Crippen molar-refractivity contribution < 1.29 is 18.7 Å². The largest absolute Gasteiger partial charge is 0.497 e. The molecule has 0 saturated carbocycles. The van der Waals surface area contributed by atoms with Crippen LogP contribution in [0.3, 0.4) is 0 Å². The first kappa shape index (κ1) is 15.4. The number of hydrogen-bond donors (Lipinski definition) is 3. The second-order valence-corrected chi connectivity index (χ2v) is 4.95. The molecule has 3 rings (SSSR count). The van der Waals surface area contributed by atoms with Gasteiger partial charge in [-0.2, -0.15) is 0 Å². The van der Waals surface area contributed by atoms with E-state index in [1.807, 2.05) is 24.3 Å². The van der Waals surface area contributed by atoms with Gasteiger partial charge in [-0.15, -0.1) is 0 Å². The summed E-state index contributed by atoms with van der Waals surface area (Å²) in [4.78, 5) is 12.1. The molecule has 7 heteroatoms. The Bertz CT molecular complexity index is 710. The minimum atomic E-state index is -0.734. The summed E-state index contributed by atoms with van der Waals surface area (Å²) in [6.07, 6.45) is -1.18.